The van der Waals surface area contributed by atoms with Gasteiger partial charge in [0.25, 0.3) is 0 Å². The van der Waals surface area contributed by atoms with Crippen LogP contribution in [0.3, 0.4) is 0 Å². The highest BCUT2D eigenvalue weighted by Crippen LogP contribution is 2.26. The Morgan fingerprint density at radius 3 is 2.71 bits per heavy atom. The molecule has 1 amide bonds. The minimum Gasteiger partial charge on any atom is -0.444 e. The van der Waals surface area contributed by atoms with E-state index in [2.05, 4.69) is 27.4 Å². The van der Waals surface area contributed by atoms with E-state index in [1.807, 2.05) is 31.1 Å². The number of alkyl halides is 1. The first kappa shape index (κ1) is 20.9. The van der Waals surface area contributed by atoms with Crippen LogP contribution in [0.25, 0.3) is 0 Å². The second kappa shape index (κ2) is 9.09. The molecule has 28 heavy (non-hydrogen) atoms. The fourth-order valence-electron chi connectivity index (χ4n) is 3.28. The van der Waals surface area contributed by atoms with Crippen LogP contribution in [-0.4, -0.2) is 39.7 Å². The molecule has 0 saturated carbocycles. The molecule has 1 N–H and O–H groups in total. The summed E-state index contributed by atoms with van der Waals surface area (Å²) in [5.74, 6) is 1.67. The molecule has 3 heterocycles. The van der Waals surface area contributed by atoms with Gasteiger partial charge >= 0.3 is 6.09 Å². The van der Waals surface area contributed by atoms with Crippen molar-refractivity contribution in [2.45, 2.75) is 51.5 Å². The molecule has 0 atom stereocenters. The van der Waals surface area contributed by atoms with E-state index in [0.29, 0.717) is 11.8 Å². The third-order valence-corrected chi connectivity index (χ3v) is 5.50. The van der Waals surface area contributed by atoms with E-state index in [1.165, 1.54) is 16.9 Å². The molecule has 1 saturated heterocycles. The maximum Gasteiger partial charge on any atom is 0.410 e. The van der Waals surface area contributed by atoms with Crippen molar-refractivity contribution >= 4 is 40.0 Å². The number of hydrogen-bond acceptors (Lipinski definition) is 6. The van der Waals surface area contributed by atoms with Gasteiger partial charge in [0.1, 0.15) is 11.4 Å². The molecule has 1 aliphatic heterocycles. The fourth-order valence-corrected chi connectivity index (χ4v) is 3.95. The van der Waals surface area contributed by atoms with Crippen LogP contribution in [0.5, 0.6) is 0 Å². The van der Waals surface area contributed by atoms with Crippen molar-refractivity contribution in [1.82, 2.24) is 14.9 Å². The molecule has 1 aliphatic rings. The second-order valence-corrected chi connectivity index (χ2v) is 9.22. The Kier molecular flexibility index (Phi) is 6.78. The van der Waals surface area contributed by atoms with Crippen LogP contribution >= 0.6 is 22.9 Å². The third-order valence-electron chi connectivity index (χ3n) is 4.53. The van der Waals surface area contributed by atoms with Crippen molar-refractivity contribution in [3.05, 3.63) is 35.0 Å². The number of nitrogens with zero attached hydrogens (tertiary/aromatic N) is 3. The van der Waals surface area contributed by atoms with Gasteiger partial charge in [0.05, 0.1) is 11.6 Å². The number of rotatable bonds is 5. The Hall–Kier alpha value is -1.86. The molecule has 0 aliphatic carbocycles. The number of likely N-dealkylation sites (tertiary alicyclic amines) is 1. The van der Waals surface area contributed by atoms with Crippen LogP contribution in [0, 0.1) is 5.92 Å². The Bertz CT molecular complexity index is 784. The molecule has 0 radical (unpaired) electrons. The SMILES string of the molecule is CC(C)(C)OC(=O)N1CCC(Cc2cc(CCl)nc(Nc3nccs3)c2)CC1. The number of anilines is 2. The number of nitrogens with one attached hydrogen (secondary N) is 1. The average Bonchev–Trinajstić information content (AvgIpc) is 3.13. The molecular formula is C20H27ClN4O2S. The van der Waals surface area contributed by atoms with Gasteiger partial charge in [-0.2, -0.15) is 0 Å². The van der Waals surface area contributed by atoms with E-state index in [0.717, 1.165) is 49.0 Å². The number of piperidine rings is 1. The molecule has 0 aromatic carbocycles. The molecule has 3 rings (SSSR count). The summed E-state index contributed by atoms with van der Waals surface area (Å²) >= 11 is 7.58. The summed E-state index contributed by atoms with van der Waals surface area (Å²) in [5, 5.41) is 5.99. The Balaban J connectivity index is 1.59. The summed E-state index contributed by atoms with van der Waals surface area (Å²) in [5.41, 5.74) is 1.61. The number of thiazole rings is 1. The molecule has 2 aromatic rings. The van der Waals surface area contributed by atoms with Crippen LogP contribution in [0.2, 0.25) is 0 Å². The van der Waals surface area contributed by atoms with E-state index in [1.54, 1.807) is 6.20 Å². The van der Waals surface area contributed by atoms with Crippen LogP contribution in [0.1, 0.15) is 44.9 Å². The molecule has 0 unspecified atom stereocenters. The molecule has 0 bridgehead atoms. The van der Waals surface area contributed by atoms with Crippen molar-refractivity contribution in [2.24, 2.45) is 5.92 Å². The Labute approximate surface area is 175 Å². The lowest BCUT2D eigenvalue weighted by Crippen LogP contribution is -2.42. The maximum absolute atomic E-state index is 12.2. The average molecular weight is 423 g/mol. The zero-order valence-electron chi connectivity index (χ0n) is 16.6. The third kappa shape index (κ3) is 6.07. The summed E-state index contributed by atoms with van der Waals surface area (Å²) in [6.07, 6.45) is 4.42. The zero-order valence-corrected chi connectivity index (χ0v) is 18.1. The largest absolute Gasteiger partial charge is 0.444 e. The second-order valence-electron chi connectivity index (χ2n) is 8.06. The summed E-state index contributed by atoms with van der Waals surface area (Å²) in [6, 6.07) is 4.14. The van der Waals surface area contributed by atoms with Gasteiger partial charge in [-0.25, -0.2) is 14.8 Å². The van der Waals surface area contributed by atoms with Crippen molar-refractivity contribution in [3.63, 3.8) is 0 Å². The lowest BCUT2D eigenvalue weighted by atomic mass is 9.90. The van der Waals surface area contributed by atoms with E-state index in [4.69, 9.17) is 16.3 Å². The number of amides is 1. The van der Waals surface area contributed by atoms with Gasteiger partial charge in [0.15, 0.2) is 5.13 Å². The number of carbonyl (C=O) groups excluding carboxylic acids is 1. The minimum atomic E-state index is -0.455. The van der Waals surface area contributed by atoms with Gasteiger partial charge in [-0.15, -0.1) is 22.9 Å². The lowest BCUT2D eigenvalue weighted by molar-refractivity contribution is 0.0184. The standard InChI is InChI=1S/C20H27ClN4O2S/c1-20(2,3)27-19(26)25-7-4-14(5-8-25)10-15-11-16(13-21)23-17(12-15)24-18-22-6-9-28-18/h6,9,11-12,14H,4-5,7-8,10,13H2,1-3H3,(H,22,23,24). The monoisotopic (exact) mass is 422 g/mol. The predicted molar refractivity (Wildman–Crippen MR) is 113 cm³/mol. The maximum atomic E-state index is 12.2. The normalized spacial score (nSPS) is 15.5. The molecule has 152 valence electrons. The number of aromatic nitrogens is 2. The number of halogens is 1. The van der Waals surface area contributed by atoms with E-state index in [-0.39, 0.29) is 6.09 Å². The van der Waals surface area contributed by atoms with E-state index < -0.39 is 5.60 Å². The predicted octanol–water partition coefficient (Wildman–Crippen LogP) is 5.21. The molecule has 8 heteroatoms. The van der Waals surface area contributed by atoms with Crippen molar-refractivity contribution in [1.29, 1.82) is 0 Å². The molecule has 0 spiro atoms. The van der Waals surface area contributed by atoms with Crippen molar-refractivity contribution in [3.8, 4) is 0 Å². The summed E-state index contributed by atoms with van der Waals surface area (Å²) < 4.78 is 5.48. The summed E-state index contributed by atoms with van der Waals surface area (Å²) in [7, 11) is 0. The highest BCUT2D eigenvalue weighted by Gasteiger charge is 2.27. The van der Waals surface area contributed by atoms with Gasteiger partial charge in [0.2, 0.25) is 0 Å². The first-order valence-electron chi connectivity index (χ1n) is 9.52. The van der Waals surface area contributed by atoms with Gasteiger partial charge in [-0.1, -0.05) is 0 Å². The van der Waals surface area contributed by atoms with Crippen molar-refractivity contribution in [2.75, 3.05) is 18.4 Å². The van der Waals surface area contributed by atoms with E-state index in [9.17, 15) is 4.79 Å². The quantitative estimate of drug-likeness (QED) is 0.670. The molecule has 6 nitrogen and oxygen atoms in total. The number of carbonyl (C=O) groups is 1. The molecular weight excluding hydrogens is 396 g/mol. The number of ether oxygens (including phenoxy) is 1. The molecule has 2 aromatic heterocycles. The van der Waals surface area contributed by atoms with E-state index >= 15 is 0 Å². The van der Waals surface area contributed by atoms with Crippen LogP contribution < -0.4 is 5.32 Å². The highest BCUT2D eigenvalue weighted by molar-refractivity contribution is 7.13. The smallest absolute Gasteiger partial charge is 0.410 e. The van der Waals surface area contributed by atoms with Crippen LogP contribution in [0.4, 0.5) is 15.7 Å². The summed E-state index contributed by atoms with van der Waals surface area (Å²) in [4.78, 5) is 22.8. The highest BCUT2D eigenvalue weighted by atomic mass is 35.5. The lowest BCUT2D eigenvalue weighted by Gasteiger charge is -2.33. The van der Waals surface area contributed by atoms with Crippen LogP contribution in [0.15, 0.2) is 23.7 Å². The Morgan fingerprint density at radius 1 is 1.36 bits per heavy atom. The Morgan fingerprint density at radius 2 is 2.11 bits per heavy atom. The topological polar surface area (TPSA) is 67.3 Å². The van der Waals surface area contributed by atoms with Gasteiger partial charge in [-0.05, 0) is 63.6 Å². The zero-order chi connectivity index (χ0) is 20.1. The van der Waals surface area contributed by atoms with Gasteiger partial charge in [-0.3, -0.25) is 0 Å². The number of pyridine rings is 1. The number of hydrogen-bond donors (Lipinski definition) is 1. The fraction of sp³-hybridized carbons (Fsp3) is 0.550. The van der Waals surface area contributed by atoms with Crippen molar-refractivity contribution < 1.29 is 9.53 Å². The van der Waals surface area contributed by atoms with Crippen LogP contribution in [-0.2, 0) is 17.0 Å². The van der Waals surface area contributed by atoms with Gasteiger partial charge in [0, 0.05) is 24.7 Å². The minimum absolute atomic E-state index is 0.214. The summed E-state index contributed by atoms with van der Waals surface area (Å²) in [6.45, 7) is 7.15. The first-order chi connectivity index (χ1) is 13.3. The van der Waals surface area contributed by atoms with Gasteiger partial charge < -0.3 is 15.0 Å². The first-order valence-corrected chi connectivity index (χ1v) is 10.9. The molecule has 1 fully saturated rings.